The number of halogens is 1. The molecule has 3 aromatic rings. The third kappa shape index (κ3) is 5.16. The van der Waals surface area contributed by atoms with Crippen molar-refractivity contribution in [3.8, 4) is 11.3 Å². The lowest BCUT2D eigenvalue weighted by atomic mass is 9.92. The number of fused-ring (bicyclic) bond motifs is 1. The van der Waals surface area contributed by atoms with Crippen LogP contribution in [-0.4, -0.2) is 46.8 Å². The smallest absolute Gasteiger partial charge is 0.244 e. The quantitative estimate of drug-likeness (QED) is 0.488. The van der Waals surface area contributed by atoms with Gasteiger partial charge in [-0.2, -0.15) is 5.10 Å². The van der Waals surface area contributed by atoms with Gasteiger partial charge in [-0.25, -0.2) is 0 Å². The normalized spacial score (nSPS) is 20.4. The fraction of sp³-hybridized carbons (Fsp3) is 0.462. The summed E-state index contributed by atoms with van der Waals surface area (Å²) in [6.45, 7) is 10.6. The summed E-state index contributed by atoms with van der Waals surface area (Å²) < 4.78 is 1.82. The first-order valence-electron chi connectivity index (χ1n) is 11.7. The Morgan fingerprint density at radius 2 is 1.88 bits per heavy atom. The summed E-state index contributed by atoms with van der Waals surface area (Å²) in [7, 11) is 0. The van der Waals surface area contributed by atoms with Gasteiger partial charge in [0.1, 0.15) is 11.7 Å². The van der Waals surface area contributed by atoms with Crippen LogP contribution in [0.15, 0.2) is 48.5 Å². The molecule has 1 fully saturated rings. The average Bonchev–Trinajstić information content (AvgIpc) is 3.14. The molecule has 3 atom stereocenters. The third-order valence-corrected chi connectivity index (χ3v) is 6.59. The first-order chi connectivity index (χ1) is 15.4. The van der Waals surface area contributed by atoms with Crippen molar-refractivity contribution in [3.05, 3.63) is 53.6 Å². The van der Waals surface area contributed by atoms with Crippen molar-refractivity contribution >= 4 is 28.4 Å². The maximum absolute atomic E-state index is 12.9. The Kier molecular flexibility index (Phi) is 7.17. The highest BCUT2D eigenvalue weighted by Crippen LogP contribution is 2.31. The maximum Gasteiger partial charge on any atom is 0.244 e. The third-order valence-electron chi connectivity index (χ3n) is 6.36. The molecular formula is C26H33ClN4O. The second-order valence-corrected chi connectivity index (χ2v) is 9.78. The predicted octanol–water partition coefficient (Wildman–Crippen LogP) is 5.40. The van der Waals surface area contributed by atoms with Crippen molar-refractivity contribution in [2.75, 3.05) is 26.2 Å². The Labute approximate surface area is 195 Å². The van der Waals surface area contributed by atoms with Crippen molar-refractivity contribution in [2.45, 2.75) is 39.7 Å². The minimum Gasteiger partial charge on any atom is -0.354 e. The number of rotatable bonds is 7. The van der Waals surface area contributed by atoms with Crippen molar-refractivity contribution in [2.24, 2.45) is 11.8 Å². The number of nitrogens with zero attached hydrogens (tertiary/aromatic N) is 3. The van der Waals surface area contributed by atoms with Crippen molar-refractivity contribution in [3.63, 3.8) is 0 Å². The van der Waals surface area contributed by atoms with Crippen LogP contribution in [-0.2, 0) is 4.79 Å². The number of hydrogen-bond acceptors (Lipinski definition) is 3. The van der Waals surface area contributed by atoms with Crippen LogP contribution in [0.4, 0.5) is 0 Å². The van der Waals surface area contributed by atoms with Gasteiger partial charge in [-0.05, 0) is 56.3 Å². The molecule has 0 radical (unpaired) electrons. The minimum atomic E-state index is -0.411. The fourth-order valence-electron chi connectivity index (χ4n) is 4.97. The molecule has 2 heterocycles. The first-order valence-corrected chi connectivity index (χ1v) is 12.0. The van der Waals surface area contributed by atoms with Crippen molar-refractivity contribution in [1.29, 1.82) is 0 Å². The maximum atomic E-state index is 12.9. The Morgan fingerprint density at radius 3 is 2.59 bits per heavy atom. The lowest BCUT2D eigenvalue weighted by Gasteiger charge is -2.34. The van der Waals surface area contributed by atoms with Gasteiger partial charge < -0.3 is 10.2 Å². The Bertz CT molecular complexity index is 1050. The molecule has 5 nitrogen and oxygen atoms in total. The van der Waals surface area contributed by atoms with Crippen LogP contribution in [0, 0.1) is 11.8 Å². The van der Waals surface area contributed by atoms with Crippen LogP contribution >= 0.6 is 11.6 Å². The number of carbonyl (C=O) groups is 1. The van der Waals surface area contributed by atoms with E-state index in [1.807, 2.05) is 60.1 Å². The van der Waals surface area contributed by atoms with E-state index in [1.54, 1.807) is 0 Å². The molecule has 6 heteroatoms. The lowest BCUT2D eigenvalue weighted by Crippen LogP contribution is -2.40. The van der Waals surface area contributed by atoms with Gasteiger partial charge in [0.2, 0.25) is 5.91 Å². The number of aromatic nitrogens is 2. The van der Waals surface area contributed by atoms with Crippen LogP contribution in [0.5, 0.6) is 0 Å². The standard InChI is InChI=1S/C26H33ClN4O/c1-18-14-19(2)17-30(16-18)13-7-12-28-26(32)20(3)31-24-11-10-22(27)15-23(24)25(29-31)21-8-5-4-6-9-21/h4-6,8-11,15,18-20H,7,12-14,16-17H2,1-3H3,(H,28,32)/t18-,19-,20+/m1/s1. The summed E-state index contributed by atoms with van der Waals surface area (Å²) in [5.74, 6) is 1.51. The van der Waals surface area contributed by atoms with E-state index in [2.05, 4.69) is 24.1 Å². The number of piperidine rings is 1. The molecule has 2 aromatic carbocycles. The van der Waals surface area contributed by atoms with E-state index in [0.717, 1.165) is 47.0 Å². The summed E-state index contributed by atoms with van der Waals surface area (Å²) in [6.07, 6.45) is 2.28. The van der Waals surface area contributed by atoms with Gasteiger partial charge in [0, 0.05) is 35.6 Å². The number of nitrogens with one attached hydrogen (secondary N) is 1. The molecule has 0 spiro atoms. The van der Waals surface area contributed by atoms with Crippen LogP contribution < -0.4 is 5.32 Å². The van der Waals surface area contributed by atoms with Crippen LogP contribution in [0.1, 0.15) is 39.7 Å². The molecule has 0 unspecified atom stereocenters. The topological polar surface area (TPSA) is 50.2 Å². The zero-order valence-corrected chi connectivity index (χ0v) is 20.0. The van der Waals surface area contributed by atoms with Gasteiger partial charge in [-0.1, -0.05) is 55.8 Å². The van der Waals surface area contributed by atoms with E-state index in [0.29, 0.717) is 11.6 Å². The molecule has 1 aliphatic heterocycles. The van der Waals surface area contributed by atoms with Gasteiger partial charge in [0.15, 0.2) is 0 Å². The zero-order chi connectivity index (χ0) is 22.7. The summed E-state index contributed by atoms with van der Waals surface area (Å²) in [5.41, 5.74) is 2.76. The van der Waals surface area contributed by atoms with E-state index in [9.17, 15) is 4.79 Å². The molecule has 0 saturated carbocycles. The van der Waals surface area contributed by atoms with E-state index in [4.69, 9.17) is 16.7 Å². The van der Waals surface area contributed by atoms with Crippen LogP contribution in [0.2, 0.25) is 5.02 Å². The van der Waals surface area contributed by atoms with Gasteiger partial charge in [0.25, 0.3) is 0 Å². The average molecular weight is 453 g/mol. The van der Waals surface area contributed by atoms with Gasteiger partial charge >= 0.3 is 0 Å². The Morgan fingerprint density at radius 1 is 1.16 bits per heavy atom. The Balaban J connectivity index is 1.43. The van der Waals surface area contributed by atoms with Gasteiger partial charge in [0.05, 0.1) is 5.52 Å². The fourth-order valence-corrected chi connectivity index (χ4v) is 5.14. The number of hydrogen-bond donors (Lipinski definition) is 1. The summed E-state index contributed by atoms with van der Waals surface area (Å²) in [6, 6.07) is 15.3. The lowest BCUT2D eigenvalue weighted by molar-refractivity contribution is -0.124. The number of benzene rings is 2. The second kappa shape index (κ2) is 10.1. The van der Waals surface area contributed by atoms with E-state index in [1.165, 1.54) is 19.5 Å². The number of amides is 1. The molecule has 1 aliphatic rings. The molecule has 170 valence electrons. The molecule has 1 aromatic heterocycles. The SMILES string of the molecule is C[C@@H]1C[C@@H](C)CN(CCCNC(=O)[C@H](C)n2nc(-c3ccccc3)c3cc(Cl)ccc32)C1. The highest BCUT2D eigenvalue weighted by Gasteiger charge is 2.23. The molecule has 0 aliphatic carbocycles. The molecule has 1 saturated heterocycles. The minimum absolute atomic E-state index is 0.00987. The summed E-state index contributed by atoms with van der Waals surface area (Å²) in [5, 5.41) is 9.56. The molecule has 4 rings (SSSR count). The summed E-state index contributed by atoms with van der Waals surface area (Å²) in [4.78, 5) is 15.5. The predicted molar refractivity (Wildman–Crippen MR) is 132 cm³/mol. The highest BCUT2D eigenvalue weighted by atomic mass is 35.5. The first kappa shape index (κ1) is 22.8. The van der Waals surface area contributed by atoms with Gasteiger partial charge in [-0.15, -0.1) is 0 Å². The second-order valence-electron chi connectivity index (χ2n) is 9.35. The molecule has 0 bridgehead atoms. The van der Waals surface area contributed by atoms with Crippen LogP contribution in [0.3, 0.4) is 0 Å². The molecular weight excluding hydrogens is 420 g/mol. The van der Waals surface area contributed by atoms with Crippen molar-refractivity contribution < 1.29 is 4.79 Å². The number of carbonyl (C=O) groups excluding carboxylic acids is 1. The van der Waals surface area contributed by atoms with E-state index >= 15 is 0 Å². The van der Waals surface area contributed by atoms with Crippen molar-refractivity contribution in [1.82, 2.24) is 20.0 Å². The van der Waals surface area contributed by atoms with E-state index in [-0.39, 0.29) is 5.91 Å². The molecule has 1 N–H and O–H groups in total. The molecule has 1 amide bonds. The van der Waals surface area contributed by atoms with E-state index < -0.39 is 6.04 Å². The van der Waals surface area contributed by atoms with Gasteiger partial charge in [-0.3, -0.25) is 9.48 Å². The Hall–Kier alpha value is -2.37. The number of likely N-dealkylation sites (tertiary alicyclic amines) is 1. The zero-order valence-electron chi connectivity index (χ0n) is 19.2. The monoisotopic (exact) mass is 452 g/mol. The molecule has 32 heavy (non-hydrogen) atoms. The summed E-state index contributed by atoms with van der Waals surface area (Å²) >= 11 is 6.28. The highest BCUT2D eigenvalue weighted by molar-refractivity contribution is 6.31. The largest absolute Gasteiger partial charge is 0.354 e. The van der Waals surface area contributed by atoms with Crippen LogP contribution in [0.25, 0.3) is 22.2 Å².